The van der Waals surface area contributed by atoms with Crippen LogP contribution in [0.15, 0.2) is 24.3 Å². The van der Waals surface area contributed by atoms with Gasteiger partial charge in [0, 0.05) is 24.7 Å². The van der Waals surface area contributed by atoms with Crippen molar-refractivity contribution in [1.29, 1.82) is 0 Å². The van der Waals surface area contributed by atoms with E-state index in [1.54, 1.807) is 0 Å². The van der Waals surface area contributed by atoms with Crippen LogP contribution >= 0.6 is 11.6 Å². The average molecular weight is 311 g/mol. The van der Waals surface area contributed by atoms with Gasteiger partial charge in [0.2, 0.25) is 5.91 Å². The number of carbonyl (C=O) groups excluding carboxylic acids is 1. The fraction of sp³-hybridized carbons (Fsp3) is 0.533. The third kappa shape index (κ3) is 4.68. The van der Waals surface area contributed by atoms with Crippen LogP contribution in [0.2, 0.25) is 5.02 Å². The van der Waals surface area contributed by atoms with E-state index in [0.29, 0.717) is 18.1 Å². The first-order valence-electron chi connectivity index (χ1n) is 7.44. The summed E-state index contributed by atoms with van der Waals surface area (Å²) in [5.41, 5.74) is 7.24. The predicted octanol–water partition coefficient (Wildman–Crippen LogP) is 1.22. The van der Waals surface area contributed by atoms with Gasteiger partial charge < -0.3 is 10.6 Å². The Kier molecular flexibility index (Phi) is 6.45. The summed E-state index contributed by atoms with van der Waals surface area (Å²) in [6.45, 7) is 5.17. The Bertz CT molecular complexity index is 469. The van der Waals surface area contributed by atoms with Crippen molar-refractivity contribution in [1.82, 2.24) is 21.5 Å². The molecule has 2 rings (SSSR count). The highest BCUT2D eigenvalue weighted by Crippen LogP contribution is 2.26. The van der Waals surface area contributed by atoms with Gasteiger partial charge in [-0.1, -0.05) is 30.7 Å². The number of hydrogen-bond acceptors (Lipinski definition) is 4. The summed E-state index contributed by atoms with van der Waals surface area (Å²) in [6.07, 6.45) is 1.10. The minimum absolute atomic E-state index is 0.0488. The van der Waals surface area contributed by atoms with Crippen molar-refractivity contribution >= 4 is 17.5 Å². The molecular weight excluding hydrogens is 288 g/mol. The quantitative estimate of drug-likeness (QED) is 0.572. The lowest BCUT2D eigenvalue weighted by molar-refractivity contribution is -0.124. The highest BCUT2D eigenvalue weighted by atomic mass is 35.5. The standard InChI is InChI=1S/C15H23ClN4O/c1-2-6-17-7-8-18-15(21)13-10-19-20-14(13)11-4-3-5-12(16)9-11/h3-5,9,13-14,17,19-20H,2,6-8,10H2,1H3,(H,18,21). The van der Waals surface area contributed by atoms with E-state index in [4.69, 9.17) is 11.6 Å². The second-order valence-corrected chi connectivity index (χ2v) is 5.64. The van der Waals surface area contributed by atoms with Gasteiger partial charge in [0.25, 0.3) is 0 Å². The van der Waals surface area contributed by atoms with Crippen molar-refractivity contribution in [3.05, 3.63) is 34.9 Å². The van der Waals surface area contributed by atoms with Crippen LogP contribution in [0.1, 0.15) is 24.9 Å². The Hall–Kier alpha value is -1.14. The third-order valence-corrected chi connectivity index (χ3v) is 3.79. The Morgan fingerprint density at radius 2 is 2.24 bits per heavy atom. The number of hydrazine groups is 1. The molecule has 1 fully saturated rings. The first-order chi connectivity index (χ1) is 10.2. The van der Waals surface area contributed by atoms with Crippen LogP contribution in [-0.2, 0) is 4.79 Å². The first kappa shape index (κ1) is 16.2. The van der Waals surface area contributed by atoms with Crippen molar-refractivity contribution in [2.45, 2.75) is 19.4 Å². The summed E-state index contributed by atoms with van der Waals surface area (Å²) in [5.74, 6) is -0.0644. The molecule has 1 aromatic rings. The Morgan fingerprint density at radius 3 is 3.00 bits per heavy atom. The zero-order valence-corrected chi connectivity index (χ0v) is 13.0. The maximum absolute atomic E-state index is 12.3. The molecule has 0 radical (unpaired) electrons. The van der Waals surface area contributed by atoms with Gasteiger partial charge in [0.1, 0.15) is 0 Å². The van der Waals surface area contributed by atoms with Crippen LogP contribution < -0.4 is 21.5 Å². The van der Waals surface area contributed by atoms with E-state index in [0.717, 1.165) is 25.1 Å². The van der Waals surface area contributed by atoms with Gasteiger partial charge in [-0.2, -0.15) is 0 Å². The van der Waals surface area contributed by atoms with Crippen LogP contribution in [0.3, 0.4) is 0 Å². The molecule has 4 N–H and O–H groups in total. The normalized spacial score (nSPS) is 21.4. The van der Waals surface area contributed by atoms with Crippen LogP contribution in [0.4, 0.5) is 0 Å². The van der Waals surface area contributed by atoms with Gasteiger partial charge in [-0.15, -0.1) is 0 Å². The molecule has 1 saturated heterocycles. The predicted molar refractivity (Wildman–Crippen MR) is 85.0 cm³/mol. The molecule has 1 heterocycles. The SMILES string of the molecule is CCCNCCNC(=O)C1CNNC1c1cccc(Cl)c1. The van der Waals surface area contributed by atoms with Crippen LogP contribution in [0, 0.1) is 5.92 Å². The Labute approximate surface area is 130 Å². The zero-order chi connectivity index (χ0) is 15.1. The molecule has 0 aliphatic carbocycles. The van der Waals surface area contributed by atoms with Gasteiger partial charge in [-0.05, 0) is 30.7 Å². The van der Waals surface area contributed by atoms with Gasteiger partial charge in [0.15, 0.2) is 0 Å². The Morgan fingerprint density at radius 1 is 1.38 bits per heavy atom. The largest absolute Gasteiger partial charge is 0.354 e. The molecule has 2 atom stereocenters. The van der Waals surface area contributed by atoms with E-state index >= 15 is 0 Å². The van der Waals surface area contributed by atoms with Gasteiger partial charge in [-0.3, -0.25) is 10.2 Å². The minimum atomic E-state index is -0.130. The van der Waals surface area contributed by atoms with Gasteiger partial charge in [-0.25, -0.2) is 5.43 Å². The summed E-state index contributed by atoms with van der Waals surface area (Å²) in [7, 11) is 0. The van der Waals surface area contributed by atoms with Crippen LogP contribution in [-0.4, -0.2) is 32.1 Å². The maximum Gasteiger partial charge on any atom is 0.226 e. The molecule has 0 saturated carbocycles. The van der Waals surface area contributed by atoms with Crippen molar-refractivity contribution in [3.63, 3.8) is 0 Å². The summed E-state index contributed by atoms with van der Waals surface area (Å²) in [5, 5.41) is 6.94. The molecule has 6 heteroatoms. The molecule has 1 aliphatic rings. The lowest BCUT2D eigenvalue weighted by Gasteiger charge is -2.18. The summed E-state index contributed by atoms with van der Waals surface area (Å²) in [6, 6.07) is 7.57. The van der Waals surface area contributed by atoms with E-state index in [1.165, 1.54) is 0 Å². The number of nitrogens with one attached hydrogen (secondary N) is 4. The second kappa shape index (κ2) is 8.34. The summed E-state index contributed by atoms with van der Waals surface area (Å²) in [4.78, 5) is 12.3. The molecule has 0 bridgehead atoms. The molecule has 116 valence electrons. The highest BCUT2D eigenvalue weighted by Gasteiger charge is 2.33. The van der Waals surface area contributed by atoms with Crippen LogP contribution in [0.25, 0.3) is 0 Å². The van der Waals surface area contributed by atoms with Crippen LogP contribution in [0.5, 0.6) is 0 Å². The van der Waals surface area contributed by atoms with Crippen molar-refractivity contribution < 1.29 is 4.79 Å². The van der Waals surface area contributed by atoms with E-state index < -0.39 is 0 Å². The molecule has 2 unspecified atom stereocenters. The minimum Gasteiger partial charge on any atom is -0.354 e. The van der Waals surface area contributed by atoms with E-state index in [1.807, 2.05) is 24.3 Å². The molecule has 5 nitrogen and oxygen atoms in total. The topological polar surface area (TPSA) is 65.2 Å². The number of rotatable bonds is 7. The number of benzene rings is 1. The van der Waals surface area contributed by atoms with E-state index in [2.05, 4.69) is 28.4 Å². The molecule has 0 aromatic heterocycles. The zero-order valence-electron chi connectivity index (χ0n) is 12.3. The van der Waals surface area contributed by atoms with Gasteiger partial charge in [0.05, 0.1) is 12.0 Å². The first-order valence-corrected chi connectivity index (χ1v) is 7.82. The smallest absolute Gasteiger partial charge is 0.226 e. The number of carbonyl (C=O) groups is 1. The summed E-state index contributed by atoms with van der Waals surface area (Å²) < 4.78 is 0. The lowest BCUT2D eigenvalue weighted by atomic mass is 9.94. The van der Waals surface area contributed by atoms with Gasteiger partial charge >= 0.3 is 0 Å². The fourth-order valence-electron chi connectivity index (χ4n) is 2.46. The van der Waals surface area contributed by atoms with E-state index in [-0.39, 0.29) is 17.9 Å². The molecule has 0 spiro atoms. The fourth-order valence-corrected chi connectivity index (χ4v) is 2.66. The van der Waals surface area contributed by atoms with E-state index in [9.17, 15) is 4.79 Å². The lowest BCUT2D eigenvalue weighted by Crippen LogP contribution is -2.38. The van der Waals surface area contributed by atoms with Crippen molar-refractivity contribution in [2.75, 3.05) is 26.2 Å². The molecular formula is C15H23ClN4O. The molecule has 1 amide bonds. The third-order valence-electron chi connectivity index (χ3n) is 3.55. The molecule has 21 heavy (non-hydrogen) atoms. The number of halogens is 1. The number of hydrogen-bond donors (Lipinski definition) is 4. The Balaban J connectivity index is 1.88. The monoisotopic (exact) mass is 310 g/mol. The molecule has 1 aliphatic heterocycles. The average Bonchev–Trinajstić information content (AvgIpc) is 2.96. The second-order valence-electron chi connectivity index (χ2n) is 5.21. The van der Waals surface area contributed by atoms with Crippen molar-refractivity contribution in [2.24, 2.45) is 5.92 Å². The molecule has 1 aromatic carbocycles. The van der Waals surface area contributed by atoms with Crippen molar-refractivity contribution in [3.8, 4) is 0 Å². The number of amides is 1. The maximum atomic E-state index is 12.3. The highest BCUT2D eigenvalue weighted by molar-refractivity contribution is 6.30. The summed E-state index contributed by atoms with van der Waals surface area (Å²) >= 11 is 6.03.